The molecule has 3 aromatic rings. The first-order valence-electron chi connectivity index (χ1n) is 10.1. The van der Waals surface area contributed by atoms with Gasteiger partial charge in [-0.2, -0.15) is 4.31 Å². The minimum absolute atomic E-state index is 0.0628. The van der Waals surface area contributed by atoms with Gasteiger partial charge in [-0.05, 0) is 68.1 Å². The van der Waals surface area contributed by atoms with E-state index >= 15 is 0 Å². The van der Waals surface area contributed by atoms with Crippen LogP contribution in [-0.4, -0.2) is 54.3 Å². The maximum atomic E-state index is 13.3. The first-order valence-corrected chi connectivity index (χ1v) is 12.4. The van der Waals surface area contributed by atoms with E-state index in [-0.39, 0.29) is 17.3 Å². The molecule has 31 heavy (non-hydrogen) atoms. The maximum Gasteiger partial charge on any atom is 0.266 e. The topological polar surface area (TPSA) is 62.6 Å². The number of carbonyl (C=O) groups excluding carboxylic acids is 1. The van der Waals surface area contributed by atoms with E-state index < -0.39 is 15.8 Å². The summed E-state index contributed by atoms with van der Waals surface area (Å²) in [4.78, 5) is 15.8. The predicted molar refractivity (Wildman–Crippen MR) is 119 cm³/mol. The fourth-order valence-corrected chi connectivity index (χ4v) is 6.24. The summed E-state index contributed by atoms with van der Waals surface area (Å²) in [6.45, 7) is 5.31. The molecule has 0 aliphatic carbocycles. The molecule has 1 aliphatic rings. The second kappa shape index (κ2) is 8.57. The van der Waals surface area contributed by atoms with Crippen LogP contribution in [0.3, 0.4) is 0 Å². The second-order valence-corrected chi connectivity index (χ2v) is 10.4. The highest BCUT2D eigenvalue weighted by molar-refractivity contribution is 7.89. The molecule has 6 nitrogen and oxygen atoms in total. The highest BCUT2D eigenvalue weighted by atomic mass is 32.2. The number of carbonyl (C=O) groups is 1. The highest BCUT2D eigenvalue weighted by Crippen LogP contribution is 2.27. The van der Waals surface area contributed by atoms with Crippen molar-refractivity contribution in [1.29, 1.82) is 0 Å². The molecular formula is C22H24FN3O3S2. The first kappa shape index (κ1) is 21.7. The van der Waals surface area contributed by atoms with Crippen LogP contribution >= 0.6 is 11.3 Å². The Morgan fingerprint density at radius 1 is 0.935 bits per heavy atom. The molecule has 0 unspecified atom stereocenters. The van der Waals surface area contributed by atoms with E-state index in [0.29, 0.717) is 30.9 Å². The van der Waals surface area contributed by atoms with Crippen LogP contribution in [-0.2, 0) is 10.0 Å². The van der Waals surface area contributed by atoms with E-state index in [0.717, 1.165) is 29.2 Å². The molecule has 1 saturated heterocycles. The van der Waals surface area contributed by atoms with Gasteiger partial charge in [0.05, 0.1) is 10.6 Å². The molecular weight excluding hydrogens is 437 g/mol. The number of amides is 1. The van der Waals surface area contributed by atoms with Gasteiger partial charge in [-0.1, -0.05) is 0 Å². The molecule has 9 heteroatoms. The first-order chi connectivity index (χ1) is 14.8. The van der Waals surface area contributed by atoms with Crippen molar-refractivity contribution in [3.8, 4) is 5.69 Å². The molecule has 0 radical (unpaired) electrons. The zero-order chi connectivity index (χ0) is 22.2. The van der Waals surface area contributed by atoms with Gasteiger partial charge in [0.15, 0.2) is 0 Å². The van der Waals surface area contributed by atoms with Crippen molar-refractivity contribution in [2.45, 2.75) is 25.2 Å². The molecule has 3 heterocycles. The number of benzene rings is 1. The number of rotatable bonds is 4. The number of nitrogens with zero attached hydrogens (tertiary/aromatic N) is 3. The molecule has 0 spiro atoms. The van der Waals surface area contributed by atoms with Crippen molar-refractivity contribution in [2.24, 2.45) is 0 Å². The van der Waals surface area contributed by atoms with Gasteiger partial charge in [0.2, 0.25) is 10.0 Å². The number of hydrogen-bond donors (Lipinski definition) is 0. The van der Waals surface area contributed by atoms with Crippen LogP contribution in [0.4, 0.5) is 4.39 Å². The normalized spacial score (nSPS) is 15.8. The molecule has 4 rings (SSSR count). The van der Waals surface area contributed by atoms with Crippen LogP contribution in [0.5, 0.6) is 0 Å². The average Bonchev–Trinajstić information content (AvgIpc) is 3.24. The standard InChI is InChI=1S/C22H24FN3O3S2/c1-16-4-5-17(2)26(16)20-10-15-30-21(20)22(27)24-11-3-12-25(14-13-24)31(28,29)19-8-6-18(23)7-9-19/h4-10,15H,3,11-14H2,1-2H3. The Bertz CT molecular complexity index is 1180. The number of thiophene rings is 1. The number of hydrogen-bond acceptors (Lipinski definition) is 4. The fraction of sp³-hybridized carbons (Fsp3) is 0.318. The molecule has 1 fully saturated rings. The SMILES string of the molecule is Cc1ccc(C)n1-c1ccsc1C(=O)N1CCCN(S(=O)(=O)c2ccc(F)cc2)CC1. The Hall–Kier alpha value is -2.49. The summed E-state index contributed by atoms with van der Waals surface area (Å²) >= 11 is 1.40. The summed E-state index contributed by atoms with van der Waals surface area (Å²) < 4.78 is 42.5. The molecule has 2 aromatic heterocycles. The van der Waals surface area contributed by atoms with Gasteiger partial charge in [-0.25, -0.2) is 12.8 Å². The van der Waals surface area contributed by atoms with E-state index in [1.165, 1.54) is 27.8 Å². The van der Waals surface area contributed by atoms with Gasteiger partial charge in [-0.15, -0.1) is 11.3 Å². The quantitative estimate of drug-likeness (QED) is 0.593. The molecule has 0 saturated carbocycles. The average molecular weight is 462 g/mol. The van der Waals surface area contributed by atoms with Crippen molar-refractivity contribution in [2.75, 3.05) is 26.2 Å². The molecule has 0 N–H and O–H groups in total. The molecule has 1 aromatic carbocycles. The molecule has 0 atom stereocenters. The Labute approximate surface area is 185 Å². The second-order valence-electron chi connectivity index (χ2n) is 7.59. The largest absolute Gasteiger partial charge is 0.337 e. The Balaban J connectivity index is 1.53. The maximum absolute atomic E-state index is 13.3. The minimum atomic E-state index is -3.73. The van der Waals surface area contributed by atoms with Crippen molar-refractivity contribution >= 4 is 27.3 Å². The van der Waals surface area contributed by atoms with Gasteiger partial charge in [0.25, 0.3) is 5.91 Å². The third kappa shape index (κ3) is 4.17. The summed E-state index contributed by atoms with van der Waals surface area (Å²) in [6.07, 6.45) is 0.536. The molecule has 1 amide bonds. The van der Waals surface area contributed by atoms with Gasteiger partial charge >= 0.3 is 0 Å². The van der Waals surface area contributed by atoms with Gasteiger partial charge < -0.3 is 9.47 Å². The summed E-state index contributed by atoms with van der Waals surface area (Å²) in [5.74, 6) is -0.565. The number of halogens is 1. The van der Waals surface area contributed by atoms with Gasteiger partial charge in [0, 0.05) is 37.6 Å². The van der Waals surface area contributed by atoms with Crippen LogP contribution in [0.2, 0.25) is 0 Å². The predicted octanol–water partition coefficient (Wildman–Crippen LogP) is 3.83. The lowest BCUT2D eigenvalue weighted by atomic mass is 10.3. The lowest BCUT2D eigenvalue weighted by Gasteiger charge is -2.22. The molecule has 0 bridgehead atoms. The summed E-state index contributed by atoms with van der Waals surface area (Å²) in [5.41, 5.74) is 2.96. The van der Waals surface area contributed by atoms with Crippen LogP contribution in [0.1, 0.15) is 27.5 Å². The van der Waals surface area contributed by atoms with Crippen LogP contribution < -0.4 is 0 Å². The van der Waals surface area contributed by atoms with E-state index in [2.05, 4.69) is 4.57 Å². The minimum Gasteiger partial charge on any atom is -0.337 e. The zero-order valence-corrected chi connectivity index (χ0v) is 19.0. The lowest BCUT2D eigenvalue weighted by Crippen LogP contribution is -2.37. The highest BCUT2D eigenvalue weighted by Gasteiger charge is 2.30. The van der Waals surface area contributed by atoms with Crippen molar-refractivity contribution in [3.05, 3.63) is 69.9 Å². The smallest absolute Gasteiger partial charge is 0.266 e. The Kier molecular flexibility index (Phi) is 6.00. The lowest BCUT2D eigenvalue weighted by molar-refractivity contribution is 0.0769. The number of aromatic nitrogens is 1. The zero-order valence-electron chi connectivity index (χ0n) is 17.4. The van der Waals surface area contributed by atoms with Crippen molar-refractivity contribution in [3.63, 3.8) is 0 Å². The van der Waals surface area contributed by atoms with E-state index in [1.807, 2.05) is 37.4 Å². The molecule has 164 valence electrons. The third-order valence-electron chi connectivity index (χ3n) is 5.54. The number of aryl methyl sites for hydroxylation is 2. The number of sulfonamides is 1. The Morgan fingerprint density at radius 2 is 1.61 bits per heavy atom. The third-order valence-corrected chi connectivity index (χ3v) is 8.35. The van der Waals surface area contributed by atoms with E-state index in [4.69, 9.17) is 0 Å². The summed E-state index contributed by atoms with van der Waals surface area (Å²) in [7, 11) is -3.73. The van der Waals surface area contributed by atoms with Crippen LogP contribution in [0, 0.1) is 19.7 Å². The summed E-state index contributed by atoms with van der Waals surface area (Å²) in [6, 6.07) is 10.8. The van der Waals surface area contributed by atoms with E-state index in [1.54, 1.807) is 4.90 Å². The summed E-state index contributed by atoms with van der Waals surface area (Å²) in [5, 5.41) is 1.91. The Morgan fingerprint density at radius 3 is 2.29 bits per heavy atom. The van der Waals surface area contributed by atoms with Crippen molar-refractivity contribution in [1.82, 2.24) is 13.8 Å². The fourth-order valence-electron chi connectivity index (χ4n) is 3.92. The molecule has 1 aliphatic heterocycles. The van der Waals surface area contributed by atoms with Gasteiger partial charge in [-0.3, -0.25) is 4.79 Å². The van der Waals surface area contributed by atoms with E-state index in [9.17, 15) is 17.6 Å². The van der Waals surface area contributed by atoms with Gasteiger partial charge in [0.1, 0.15) is 10.7 Å². The van der Waals surface area contributed by atoms with Crippen molar-refractivity contribution < 1.29 is 17.6 Å². The van der Waals surface area contributed by atoms with Crippen LogP contribution in [0.25, 0.3) is 5.69 Å². The monoisotopic (exact) mass is 461 g/mol. The van der Waals surface area contributed by atoms with Crippen LogP contribution in [0.15, 0.2) is 52.7 Å².